The van der Waals surface area contributed by atoms with E-state index in [0.717, 1.165) is 54.6 Å². The predicted molar refractivity (Wildman–Crippen MR) is 146 cm³/mol. The first kappa shape index (κ1) is 28.6. The fourth-order valence-corrected chi connectivity index (χ4v) is 5.10. The molecule has 2 aromatic carbocycles. The van der Waals surface area contributed by atoms with Crippen molar-refractivity contribution < 1.29 is 23.1 Å². The van der Waals surface area contributed by atoms with Crippen LogP contribution in [0.5, 0.6) is 0 Å². The molecule has 0 saturated heterocycles. The Morgan fingerprint density at radius 2 is 1.92 bits per heavy atom. The van der Waals surface area contributed by atoms with Crippen molar-refractivity contribution in [2.75, 3.05) is 18.4 Å². The van der Waals surface area contributed by atoms with Crippen LogP contribution in [0.2, 0.25) is 5.02 Å². The molecular formula is C28H31ClF3N5O2. The molecule has 7 nitrogen and oxygen atoms in total. The van der Waals surface area contributed by atoms with Crippen molar-refractivity contribution in [2.45, 2.75) is 58.4 Å². The van der Waals surface area contributed by atoms with E-state index in [-0.39, 0.29) is 6.04 Å². The molecule has 0 saturated carbocycles. The van der Waals surface area contributed by atoms with Gasteiger partial charge in [0.05, 0.1) is 17.4 Å². The lowest BCUT2D eigenvalue weighted by atomic mass is 9.90. The van der Waals surface area contributed by atoms with E-state index >= 15 is 0 Å². The number of anilines is 1. The first-order valence-electron chi connectivity index (χ1n) is 12.7. The smallest absolute Gasteiger partial charge is 0.475 e. The second-order valence-electron chi connectivity index (χ2n) is 9.92. The largest absolute Gasteiger partial charge is 0.490 e. The first-order valence-corrected chi connectivity index (χ1v) is 13.1. The molecule has 0 unspecified atom stereocenters. The van der Waals surface area contributed by atoms with E-state index in [0.29, 0.717) is 6.04 Å². The van der Waals surface area contributed by atoms with Crippen LogP contribution in [-0.2, 0) is 11.3 Å². The van der Waals surface area contributed by atoms with E-state index in [1.807, 2.05) is 29.8 Å². The molecule has 3 heterocycles. The van der Waals surface area contributed by atoms with Crippen LogP contribution in [0.1, 0.15) is 49.6 Å². The van der Waals surface area contributed by atoms with E-state index in [9.17, 15) is 13.2 Å². The van der Waals surface area contributed by atoms with Gasteiger partial charge in [0.15, 0.2) is 0 Å². The number of benzene rings is 2. The molecule has 1 atom stereocenters. The molecule has 0 spiro atoms. The number of hydrogen-bond donors (Lipinski definition) is 2. The van der Waals surface area contributed by atoms with E-state index < -0.39 is 12.1 Å². The average Bonchev–Trinajstić information content (AvgIpc) is 3.18. The number of carboxylic acid groups (broad SMARTS) is 1. The maximum absolute atomic E-state index is 10.6. The van der Waals surface area contributed by atoms with Crippen LogP contribution in [0.25, 0.3) is 16.8 Å². The molecule has 0 radical (unpaired) electrons. The third-order valence-electron chi connectivity index (χ3n) is 6.96. The molecule has 2 aliphatic rings. The monoisotopic (exact) mass is 561 g/mol. The lowest BCUT2D eigenvalue weighted by molar-refractivity contribution is -0.192. The molecule has 208 valence electrons. The summed E-state index contributed by atoms with van der Waals surface area (Å²) in [5.41, 5.74) is 8.44. The van der Waals surface area contributed by atoms with Gasteiger partial charge in [-0.05, 0) is 74.6 Å². The van der Waals surface area contributed by atoms with E-state index in [1.54, 1.807) is 0 Å². The van der Waals surface area contributed by atoms with E-state index in [2.05, 4.69) is 64.7 Å². The maximum Gasteiger partial charge on any atom is 0.490 e. The highest BCUT2D eigenvalue weighted by Gasteiger charge is 2.38. The maximum atomic E-state index is 10.6. The topological polar surface area (TPSA) is 83.3 Å². The molecule has 5 rings (SSSR count). The van der Waals surface area contributed by atoms with Crippen LogP contribution in [0, 0.1) is 6.92 Å². The second-order valence-corrected chi connectivity index (χ2v) is 10.4. The normalized spacial score (nSPS) is 17.3. The lowest BCUT2D eigenvalue weighted by Crippen LogP contribution is -2.34. The predicted octanol–water partition coefficient (Wildman–Crippen LogP) is 6.59. The molecule has 2 aliphatic heterocycles. The summed E-state index contributed by atoms with van der Waals surface area (Å²) in [6.07, 6.45) is -0.667. The zero-order chi connectivity index (χ0) is 28.3. The number of nitrogens with zero attached hydrogens (tertiary/aromatic N) is 4. The van der Waals surface area contributed by atoms with Gasteiger partial charge in [0.2, 0.25) is 0 Å². The number of alkyl halides is 3. The van der Waals surface area contributed by atoms with Crippen molar-refractivity contribution in [3.05, 3.63) is 70.4 Å². The number of aromatic nitrogens is 3. The Kier molecular flexibility index (Phi) is 8.66. The zero-order valence-corrected chi connectivity index (χ0v) is 22.7. The quantitative estimate of drug-likeness (QED) is 0.374. The second kappa shape index (κ2) is 11.8. The summed E-state index contributed by atoms with van der Waals surface area (Å²) in [5.74, 6) is -2.76. The molecule has 0 aliphatic carbocycles. The Hall–Kier alpha value is -3.37. The van der Waals surface area contributed by atoms with Crippen molar-refractivity contribution in [3.8, 4) is 11.3 Å². The Bertz CT molecular complexity index is 1370. The van der Waals surface area contributed by atoms with Gasteiger partial charge in [0, 0.05) is 41.9 Å². The first-order chi connectivity index (χ1) is 18.4. The van der Waals surface area contributed by atoms with Gasteiger partial charge in [-0.1, -0.05) is 41.1 Å². The third kappa shape index (κ3) is 6.80. The Morgan fingerprint density at radius 1 is 1.18 bits per heavy atom. The third-order valence-corrected chi connectivity index (χ3v) is 7.20. The molecule has 0 amide bonds. The fraction of sp³-hybridized carbons (Fsp3) is 0.393. The molecule has 0 bridgehead atoms. The van der Waals surface area contributed by atoms with Crippen molar-refractivity contribution in [1.82, 2.24) is 19.9 Å². The number of halogens is 4. The standard InChI is InChI=1S/C26H30ClN5.C2HF3O2/c1-17(2)31-12-9-19(10-13-31)20-7-8-23-24(15-20)25(28-22-6-4-5-21(27)16-22)11-14-32-26(23)18(3)29-30-32;3-2(4,5)1(6)7/h4-9,15-17,25,28H,10-14H2,1-3H3;(H,6,7)/t25-;/m1./s1. The van der Waals surface area contributed by atoms with Crippen LogP contribution in [0.3, 0.4) is 0 Å². The van der Waals surface area contributed by atoms with Gasteiger partial charge in [-0.25, -0.2) is 9.48 Å². The molecule has 39 heavy (non-hydrogen) atoms. The molecular weight excluding hydrogens is 531 g/mol. The molecule has 11 heteroatoms. The number of fused-ring (bicyclic) bond motifs is 3. The number of hydrogen-bond acceptors (Lipinski definition) is 5. The van der Waals surface area contributed by atoms with Crippen molar-refractivity contribution in [3.63, 3.8) is 0 Å². The highest BCUT2D eigenvalue weighted by molar-refractivity contribution is 6.30. The number of aryl methyl sites for hydroxylation is 2. The summed E-state index contributed by atoms with van der Waals surface area (Å²) in [4.78, 5) is 11.4. The van der Waals surface area contributed by atoms with Crippen molar-refractivity contribution in [2.24, 2.45) is 0 Å². The van der Waals surface area contributed by atoms with Gasteiger partial charge in [-0.3, -0.25) is 4.90 Å². The number of aliphatic carboxylic acids is 1. The van der Waals surface area contributed by atoms with Gasteiger partial charge >= 0.3 is 12.1 Å². The molecule has 2 N–H and O–H groups in total. The van der Waals surface area contributed by atoms with Crippen LogP contribution >= 0.6 is 11.6 Å². The van der Waals surface area contributed by atoms with Gasteiger partial charge in [0.25, 0.3) is 0 Å². The fourth-order valence-electron chi connectivity index (χ4n) is 4.91. The van der Waals surface area contributed by atoms with Crippen LogP contribution < -0.4 is 5.32 Å². The zero-order valence-electron chi connectivity index (χ0n) is 22.0. The summed E-state index contributed by atoms with van der Waals surface area (Å²) < 4.78 is 33.8. The van der Waals surface area contributed by atoms with Crippen molar-refractivity contribution >= 4 is 28.8 Å². The van der Waals surface area contributed by atoms with E-state index in [1.165, 1.54) is 22.3 Å². The molecule has 0 fully saturated rings. The highest BCUT2D eigenvalue weighted by atomic mass is 35.5. The summed E-state index contributed by atoms with van der Waals surface area (Å²) >= 11 is 6.26. The SMILES string of the molecule is Cc1nnn2c1-c1ccc(C3=CCN(C(C)C)CC3)cc1[C@H](Nc1cccc(Cl)c1)CC2.O=C(O)C(F)(F)F. The number of nitrogens with one attached hydrogen (secondary N) is 1. The Balaban J connectivity index is 0.000000448. The van der Waals surface area contributed by atoms with E-state index in [4.69, 9.17) is 21.5 Å². The summed E-state index contributed by atoms with van der Waals surface area (Å²) in [6, 6.07) is 15.6. The van der Waals surface area contributed by atoms with Gasteiger partial charge < -0.3 is 10.4 Å². The average molecular weight is 562 g/mol. The summed E-state index contributed by atoms with van der Waals surface area (Å²) in [5, 5.41) is 20.4. The van der Waals surface area contributed by atoms with Crippen LogP contribution in [0.15, 0.2) is 48.5 Å². The minimum atomic E-state index is -5.08. The number of rotatable bonds is 4. The summed E-state index contributed by atoms with van der Waals surface area (Å²) in [7, 11) is 0. The van der Waals surface area contributed by atoms with Crippen molar-refractivity contribution in [1.29, 1.82) is 0 Å². The molecule has 1 aromatic heterocycles. The molecule has 3 aromatic rings. The van der Waals surface area contributed by atoms with Crippen LogP contribution in [0.4, 0.5) is 18.9 Å². The van der Waals surface area contributed by atoms with Crippen LogP contribution in [-0.4, -0.2) is 56.3 Å². The summed E-state index contributed by atoms with van der Waals surface area (Å²) in [6.45, 7) is 9.54. The van der Waals surface area contributed by atoms with Gasteiger partial charge in [0.1, 0.15) is 0 Å². The minimum absolute atomic E-state index is 0.167. The Labute approximate surface area is 230 Å². The minimum Gasteiger partial charge on any atom is -0.475 e. The number of carbonyl (C=O) groups is 1. The Morgan fingerprint density at radius 3 is 2.54 bits per heavy atom. The lowest BCUT2D eigenvalue weighted by Gasteiger charge is -2.30. The number of carboxylic acids is 1. The highest BCUT2D eigenvalue weighted by Crippen LogP contribution is 2.39. The van der Waals surface area contributed by atoms with Gasteiger partial charge in [-0.2, -0.15) is 13.2 Å². The van der Waals surface area contributed by atoms with Gasteiger partial charge in [-0.15, -0.1) is 5.10 Å².